The molecule has 0 spiro atoms. The summed E-state index contributed by atoms with van der Waals surface area (Å²) in [4.78, 5) is 0. The highest BCUT2D eigenvalue weighted by atomic mass is 19.1. The highest BCUT2D eigenvalue weighted by Gasteiger charge is 2.00. The standard InChI is InChI=1S/C10H6FO/c11-9-4-1-3-8(7-9)10-5-2-6-12-10/h1-2,4-7H. The summed E-state index contributed by atoms with van der Waals surface area (Å²) in [6, 6.07) is 10.7. The molecule has 0 saturated carbocycles. The van der Waals surface area contributed by atoms with Crippen LogP contribution in [0.25, 0.3) is 11.3 Å². The SMILES string of the molecule is Fc1cc[c]c(-c2ccco2)c1. The summed E-state index contributed by atoms with van der Waals surface area (Å²) in [5.74, 6) is 0.356. The minimum Gasteiger partial charge on any atom is -0.464 e. The minimum absolute atomic E-state index is 0.278. The molecular weight excluding hydrogens is 155 g/mol. The molecule has 0 saturated heterocycles. The Morgan fingerprint density at radius 3 is 2.92 bits per heavy atom. The van der Waals surface area contributed by atoms with Crippen LogP contribution >= 0.6 is 0 Å². The first-order valence-electron chi connectivity index (χ1n) is 3.57. The lowest BCUT2D eigenvalue weighted by atomic mass is 10.2. The van der Waals surface area contributed by atoms with Gasteiger partial charge in [0.2, 0.25) is 0 Å². The summed E-state index contributed by atoms with van der Waals surface area (Å²) >= 11 is 0. The van der Waals surface area contributed by atoms with Crippen molar-refractivity contribution in [1.29, 1.82) is 0 Å². The lowest BCUT2D eigenvalue weighted by Gasteiger charge is -1.94. The zero-order chi connectivity index (χ0) is 8.39. The fourth-order valence-electron chi connectivity index (χ4n) is 1.01. The van der Waals surface area contributed by atoms with Crippen LogP contribution in [0.5, 0.6) is 0 Å². The molecule has 0 aliphatic rings. The Kier molecular flexibility index (Phi) is 1.67. The largest absolute Gasteiger partial charge is 0.464 e. The number of hydrogen-bond acceptors (Lipinski definition) is 1. The van der Waals surface area contributed by atoms with E-state index in [9.17, 15) is 4.39 Å². The van der Waals surface area contributed by atoms with Gasteiger partial charge in [-0.1, -0.05) is 6.07 Å². The molecule has 2 aromatic rings. The van der Waals surface area contributed by atoms with Gasteiger partial charge in [0, 0.05) is 5.56 Å². The number of benzene rings is 1. The summed E-state index contributed by atoms with van der Waals surface area (Å²) in [6.45, 7) is 0. The molecule has 0 amide bonds. The molecule has 1 radical (unpaired) electrons. The first kappa shape index (κ1) is 7.10. The van der Waals surface area contributed by atoms with Gasteiger partial charge in [-0.2, -0.15) is 0 Å². The van der Waals surface area contributed by atoms with Crippen molar-refractivity contribution in [3.05, 3.63) is 48.5 Å². The molecule has 1 heterocycles. The summed E-state index contributed by atoms with van der Waals surface area (Å²) < 4.78 is 17.8. The average Bonchev–Trinajstić information content (AvgIpc) is 2.56. The van der Waals surface area contributed by atoms with Gasteiger partial charge in [-0.3, -0.25) is 0 Å². The van der Waals surface area contributed by atoms with E-state index in [-0.39, 0.29) is 5.82 Å². The van der Waals surface area contributed by atoms with Gasteiger partial charge >= 0.3 is 0 Å². The molecule has 0 bridgehead atoms. The van der Waals surface area contributed by atoms with Crippen molar-refractivity contribution >= 4 is 0 Å². The Balaban J connectivity index is 2.48. The summed E-state index contributed by atoms with van der Waals surface area (Å²) in [5, 5.41) is 0. The van der Waals surface area contributed by atoms with Crippen LogP contribution in [0.3, 0.4) is 0 Å². The Morgan fingerprint density at radius 2 is 2.25 bits per heavy atom. The third kappa shape index (κ3) is 1.23. The van der Waals surface area contributed by atoms with Gasteiger partial charge in [0.25, 0.3) is 0 Å². The number of rotatable bonds is 1. The van der Waals surface area contributed by atoms with Crippen molar-refractivity contribution in [1.82, 2.24) is 0 Å². The van der Waals surface area contributed by atoms with Crippen LogP contribution in [0.1, 0.15) is 0 Å². The summed E-state index contributed by atoms with van der Waals surface area (Å²) in [5.41, 5.74) is 0.639. The van der Waals surface area contributed by atoms with E-state index in [2.05, 4.69) is 6.07 Å². The van der Waals surface area contributed by atoms with Crippen molar-refractivity contribution in [2.75, 3.05) is 0 Å². The van der Waals surface area contributed by atoms with E-state index in [1.54, 1.807) is 18.4 Å². The van der Waals surface area contributed by atoms with Gasteiger partial charge in [0.05, 0.1) is 6.26 Å². The van der Waals surface area contributed by atoms with Gasteiger partial charge < -0.3 is 4.42 Å². The summed E-state index contributed by atoms with van der Waals surface area (Å²) in [6.07, 6.45) is 1.55. The maximum absolute atomic E-state index is 12.7. The third-order valence-corrected chi connectivity index (χ3v) is 1.55. The first-order chi connectivity index (χ1) is 5.86. The molecule has 0 aliphatic heterocycles. The zero-order valence-corrected chi connectivity index (χ0v) is 6.25. The van der Waals surface area contributed by atoms with Crippen LogP contribution in [0.2, 0.25) is 0 Å². The molecule has 2 heteroatoms. The third-order valence-electron chi connectivity index (χ3n) is 1.55. The van der Waals surface area contributed by atoms with Crippen LogP contribution < -0.4 is 0 Å². The Morgan fingerprint density at radius 1 is 1.33 bits per heavy atom. The monoisotopic (exact) mass is 161 g/mol. The van der Waals surface area contributed by atoms with Crippen molar-refractivity contribution in [2.24, 2.45) is 0 Å². The smallest absolute Gasteiger partial charge is 0.134 e. The molecule has 0 unspecified atom stereocenters. The van der Waals surface area contributed by atoms with Crippen LogP contribution in [0, 0.1) is 11.9 Å². The summed E-state index contributed by atoms with van der Waals surface area (Å²) in [7, 11) is 0. The fourth-order valence-corrected chi connectivity index (χ4v) is 1.01. The Bertz CT molecular complexity index is 365. The van der Waals surface area contributed by atoms with Crippen molar-refractivity contribution < 1.29 is 8.81 Å². The van der Waals surface area contributed by atoms with Gasteiger partial charge in [0.15, 0.2) is 0 Å². The van der Waals surface area contributed by atoms with Crippen molar-refractivity contribution in [3.63, 3.8) is 0 Å². The second-order valence-corrected chi connectivity index (χ2v) is 2.40. The normalized spacial score (nSPS) is 10.1. The highest BCUT2D eigenvalue weighted by molar-refractivity contribution is 5.55. The molecular formula is C10H6FO. The van der Waals surface area contributed by atoms with E-state index in [0.717, 1.165) is 0 Å². The predicted molar refractivity (Wildman–Crippen MR) is 42.9 cm³/mol. The second-order valence-electron chi connectivity index (χ2n) is 2.40. The van der Waals surface area contributed by atoms with E-state index in [1.807, 2.05) is 0 Å². The van der Waals surface area contributed by atoms with Crippen LogP contribution in [0.4, 0.5) is 4.39 Å². The Hall–Kier alpha value is -1.57. The molecule has 59 valence electrons. The maximum Gasteiger partial charge on any atom is 0.134 e. The number of furan rings is 1. The maximum atomic E-state index is 12.7. The average molecular weight is 161 g/mol. The van der Waals surface area contributed by atoms with E-state index in [0.29, 0.717) is 11.3 Å². The first-order valence-corrected chi connectivity index (χ1v) is 3.57. The number of hydrogen-bond donors (Lipinski definition) is 0. The molecule has 0 aliphatic carbocycles. The minimum atomic E-state index is -0.278. The van der Waals surface area contributed by atoms with E-state index in [1.165, 1.54) is 18.2 Å². The molecule has 0 fully saturated rings. The number of halogens is 1. The molecule has 1 aromatic carbocycles. The topological polar surface area (TPSA) is 13.1 Å². The molecule has 1 nitrogen and oxygen atoms in total. The quantitative estimate of drug-likeness (QED) is 0.626. The van der Waals surface area contributed by atoms with Gasteiger partial charge in [-0.25, -0.2) is 4.39 Å². The predicted octanol–water partition coefficient (Wildman–Crippen LogP) is 2.89. The highest BCUT2D eigenvalue weighted by Crippen LogP contribution is 2.19. The lowest BCUT2D eigenvalue weighted by molar-refractivity contribution is 0.580. The molecule has 0 N–H and O–H groups in total. The van der Waals surface area contributed by atoms with Gasteiger partial charge in [-0.05, 0) is 30.3 Å². The molecule has 12 heavy (non-hydrogen) atoms. The van der Waals surface area contributed by atoms with E-state index in [4.69, 9.17) is 4.42 Å². The molecule has 1 aromatic heterocycles. The van der Waals surface area contributed by atoms with Crippen LogP contribution in [-0.4, -0.2) is 0 Å². The second kappa shape index (κ2) is 2.81. The van der Waals surface area contributed by atoms with Crippen molar-refractivity contribution in [2.45, 2.75) is 0 Å². The van der Waals surface area contributed by atoms with E-state index < -0.39 is 0 Å². The Labute approximate surface area is 69.4 Å². The molecule has 2 rings (SSSR count). The zero-order valence-electron chi connectivity index (χ0n) is 6.25. The lowest BCUT2D eigenvalue weighted by Crippen LogP contribution is -1.76. The van der Waals surface area contributed by atoms with Crippen molar-refractivity contribution in [3.8, 4) is 11.3 Å². The van der Waals surface area contributed by atoms with E-state index >= 15 is 0 Å². The van der Waals surface area contributed by atoms with Gasteiger partial charge in [-0.15, -0.1) is 0 Å². The van der Waals surface area contributed by atoms with Crippen LogP contribution in [0.15, 0.2) is 41.0 Å². The van der Waals surface area contributed by atoms with Gasteiger partial charge in [0.1, 0.15) is 11.6 Å². The molecule has 0 atom stereocenters. The fraction of sp³-hybridized carbons (Fsp3) is 0. The van der Waals surface area contributed by atoms with Crippen LogP contribution in [-0.2, 0) is 0 Å².